The van der Waals surface area contributed by atoms with Crippen LogP contribution in [0.15, 0.2) is 36.5 Å². The molecule has 1 heterocycles. The van der Waals surface area contributed by atoms with Crippen LogP contribution in [0.1, 0.15) is 17.7 Å². The first-order valence-corrected chi connectivity index (χ1v) is 6.55. The van der Waals surface area contributed by atoms with Gasteiger partial charge in [0.2, 0.25) is 5.91 Å². The number of nitrogens with zero attached hydrogens (tertiary/aromatic N) is 3. The van der Waals surface area contributed by atoms with E-state index in [-0.39, 0.29) is 19.0 Å². The van der Waals surface area contributed by atoms with E-state index in [0.717, 1.165) is 5.56 Å². The van der Waals surface area contributed by atoms with Crippen LogP contribution in [0.5, 0.6) is 0 Å². The number of aromatic nitrogens is 3. The van der Waals surface area contributed by atoms with Crippen LogP contribution in [0.25, 0.3) is 0 Å². The van der Waals surface area contributed by atoms with Crippen LogP contribution in [-0.4, -0.2) is 32.0 Å². The number of hydrogen-bond acceptors (Lipinski definition) is 4. The van der Waals surface area contributed by atoms with E-state index in [1.54, 1.807) is 0 Å². The Bertz CT molecular complexity index is 610. The highest BCUT2D eigenvalue weighted by atomic mass is 16.4. The molecule has 0 aliphatic carbocycles. The Kier molecular flexibility index (Phi) is 5.03. The van der Waals surface area contributed by atoms with Gasteiger partial charge in [-0.15, -0.1) is 5.10 Å². The molecule has 0 saturated carbocycles. The highest BCUT2D eigenvalue weighted by Crippen LogP contribution is 2.02. The Labute approximate surface area is 121 Å². The fourth-order valence-corrected chi connectivity index (χ4v) is 1.82. The Balaban J connectivity index is 1.73. The number of nitrogens with one attached hydrogen (secondary N) is 1. The molecule has 0 radical (unpaired) electrons. The summed E-state index contributed by atoms with van der Waals surface area (Å²) >= 11 is 0. The predicted molar refractivity (Wildman–Crippen MR) is 74.3 cm³/mol. The summed E-state index contributed by atoms with van der Waals surface area (Å²) in [6, 6.07) is 9.77. The minimum absolute atomic E-state index is 0.0772. The maximum absolute atomic E-state index is 11.7. The molecular formula is C14H16N4O3. The molecule has 0 aliphatic heterocycles. The highest BCUT2D eigenvalue weighted by Gasteiger charge is 2.06. The smallest absolute Gasteiger partial charge is 0.325 e. The Morgan fingerprint density at radius 3 is 2.71 bits per heavy atom. The van der Waals surface area contributed by atoms with E-state index in [1.807, 2.05) is 30.3 Å². The zero-order valence-corrected chi connectivity index (χ0v) is 11.4. The SMILES string of the molecule is O=C(O)Cn1cc(CNC(=O)CCc2ccccc2)nn1. The lowest BCUT2D eigenvalue weighted by molar-refractivity contribution is -0.138. The van der Waals surface area contributed by atoms with Gasteiger partial charge < -0.3 is 10.4 Å². The third-order valence-corrected chi connectivity index (χ3v) is 2.83. The zero-order chi connectivity index (χ0) is 15.1. The molecule has 0 aliphatic rings. The van der Waals surface area contributed by atoms with E-state index in [4.69, 9.17) is 5.11 Å². The molecule has 2 N–H and O–H groups in total. The van der Waals surface area contributed by atoms with Crippen LogP contribution in [0.3, 0.4) is 0 Å². The van der Waals surface area contributed by atoms with Crippen LogP contribution in [0, 0.1) is 0 Å². The average Bonchev–Trinajstić information content (AvgIpc) is 2.91. The Morgan fingerprint density at radius 1 is 1.24 bits per heavy atom. The molecule has 0 fully saturated rings. The summed E-state index contributed by atoms with van der Waals surface area (Å²) in [5.74, 6) is -1.06. The van der Waals surface area contributed by atoms with Gasteiger partial charge in [-0.1, -0.05) is 35.5 Å². The molecule has 21 heavy (non-hydrogen) atoms. The van der Waals surface area contributed by atoms with Gasteiger partial charge in [-0.3, -0.25) is 9.59 Å². The quantitative estimate of drug-likeness (QED) is 0.778. The lowest BCUT2D eigenvalue weighted by Gasteiger charge is -2.03. The van der Waals surface area contributed by atoms with Gasteiger partial charge in [-0.25, -0.2) is 4.68 Å². The van der Waals surface area contributed by atoms with Crippen molar-refractivity contribution in [3.63, 3.8) is 0 Å². The lowest BCUT2D eigenvalue weighted by Crippen LogP contribution is -2.23. The summed E-state index contributed by atoms with van der Waals surface area (Å²) in [6.07, 6.45) is 2.58. The summed E-state index contributed by atoms with van der Waals surface area (Å²) in [5, 5.41) is 18.8. The molecule has 7 heteroatoms. The topological polar surface area (TPSA) is 97.1 Å². The monoisotopic (exact) mass is 288 g/mol. The number of aliphatic carboxylic acids is 1. The fraction of sp³-hybridized carbons (Fsp3) is 0.286. The number of carbonyl (C=O) groups is 2. The second kappa shape index (κ2) is 7.18. The van der Waals surface area contributed by atoms with Crippen molar-refractivity contribution in [1.29, 1.82) is 0 Å². The Morgan fingerprint density at radius 2 is 2.00 bits per heavy atom. The number of rotatable bonds is 7. The molecular weight excluding hydrogens is 272 g/mol. The number of carboxylic acids is 1. The minimum atomic E-state index is -0.988. The van der Waals surface area contributed by atoms with Crippen molar-refractivity contribution >= 4 is 11.9 Å². The maximum atomic E-state index is 11.7. The first kappa shape index (κ1) is 14.7. The molecule has 1 aromatic carbocycles. The van der Waals surface area contributed by atoms with Gasteiger partial charge in [0.25, 0.3) is 0 Å². The fourth-order valence-electron chi connectivity index (χ4n) is 1.82. The molecule has 0 spiro atoms. The van der Waals surface area contributed by atoms with E-state index in [2.05, 4.69) is 15.6 Å². The van der Waals surface area contributed by atoms with Crippen LogP contribution < -0.4 is 5.32 Å². The number of amides is 1. The zero-order valence-electron chi connectivity index (χ0n) is 11.4. The molecule has 0 atom stereocenters. The van der Waals surface area contributed by atoms with Gasteiger partial charge in [-0.05, 0) is 12.0 Å². The van der Waals surface area contributed by atoms with E-state index in [1.165, 1.54) is 10.9 Å². The molecule has 0 saturated heterocycles. The van der Waals surface area contributed by atoms with E-state index < -0.39 is 5.97 Å². The molecule has 110 valence electrons. The number of benzene rings is 1. The summed E-state index contributed by atoms with van der Waals surface area (Å²) in [5.41, 5.74) is 1.64. The number of aryl methyl sites for hydroxylation is 1. The first-order valence-electron chi connectivity index (χ1n) is 6.55. The van der Waals surface area contributed by atoms with Crippen molar-refractivity contribution in [1.82, 2.24) is 20.3 Å². The van der Waals surface area contributed by atoms with Gasteiger partial charge in [0.15, 0.2) is 0 Å². The first-order chi connectivity index (χ1) is 10.1. The largest absolute Gasteiger partial charge is 0.480 e. The summed E-state index contributed by atoms with van der Waals surface area (Å²) < 4.78 is 1.22. The normalized spacial score (nSPS) is 10.3. The number of carbonyl (C=O) groups excluding carboxylic acids is 1. The van der Waals surface area contributed by atoms with Crippen molar-refractivity contribution in [2.45, 2.75) is 25.9 Å². The third-order valence-electron chi connectivity index (χ3n) is 2.83. The average molecular weight is 288 g/mol. The molecule has 2 rings (SSSR count). The molecule has 7 nitrogen and oxygen atoms in total. The maximum Gasteiger partial charge on any atom is 0.325 e. The molecule has 1 aromatic heterocycles. The van der Waals surface area contributed by atoms with Crippen LogP contribution in [0.4, 0.5) is 0 Å². The van der Waals surface area contributed by atoms with Gasteiger partial charge in [0, 0.05) is 6.42 Å². The summed E-state index contributed by atoms with van der Waals surface area (Å²) in [6.45, 7) is 0.00218. The molecule has 1 amide bonds. The van der Waals surface area contributed by atoms with Gasteiger partial charge in [0.1, 0.15) is 12.2 Å². The van der Waals surface area contributed by atoms with Gasteiger partial charge in [-0.2, -0.15) is 0 Å². The van der Waals surface area contributed by atoms with Crippen molar-refractivity contribution < 1.29 is 14.7 Å². The highest BCUT2D eigenvalue weighted by molar-refractivity contribution is 5.76. The third kappa shape index (κ3) is 5.06. The molecule has 2 aromatic rings. The van der Waals surface area contributed by atoms with Crippen molar-refractivity contribution in [3.8, 4) is 0 Å². The second-order valence-electron chi connectivity index (χ2n) is 4.56. The van der Waals surface area contributed by atoms with E-state index in [0.29, 0.717) is 18.5 Å². The Hall–Kier alpha value is -2.70. The van der Waals surface area contributed by atoms with Crippen LogP contribution >= 0.6 is 0 Å². The lowest BCUT2D eigenvalue weighted by atomic mass is 10.1. The number of carboxylic acid groups (broad SMARTS) is 1. The molecule has 0 unspecified atom stereocenters. The minimum Gasteiger partial charge on any atom is -0.480 e. The second-order valence-corrected chi connectivity index (χ2v) is 4.56. The predicted octanol–water partition coefficient (Wildman–Crippen LogP) is 0.612. The molecule has 0 bridgehead atoms. The van der Waals surface area contributed by atoms with Crippen molar-refractivity contribution in [3.05, 3.63) is 47.8 Å². The van der Waals surface area contributed by atoms with Crippen molar-refractivity contribution in [2.75, 3.05) is 0 Å². The van der Waals surface area contributed by atoms with Gasteiger partial charge >= 0.3 is 5.97 Å². The standard InChI is InChI=1S/C14H16N4O3/c19-13(7-6-11-4-2-1-3-5-11)15-8-12-9-18(17-16-12)10-14(20)21/h1-5,9H,6-8,10H2,(H,15,19)(H,20,21). The van der Waals surface area contributed by atoms with E-state index >= 15 is 0 Å². The summed E-state index contributed by atoms with van der Waals surface area (Å²) in [4.78, 5) is 22.2. The van der Waals surface area contributed by atoms with Crippen molar-refractivity contribution in [2.24, 2.45) is 0 Å². The van der Waals surface area contributed by atoms with Crippen LogP contribution in [0.2, 0.25) is 0 Å². The van der Waals surface area contributed by atoms with Crippen LogP contribution in [-0.2, 0) is 29.1 Å². The summed E-state index contributed by atoms with van der Waals surface area (Å²) in [7, 11) is 0. The van der Waals surface area contributed by atoms with Gasteiger partial charge in [0.05, 0.1) is 12.7 Å². The van der Waals surface area contributed by atoms with E-state index in [9.17, 15) is 9.59 Å². The number of hydrogen-bond donors (Lipinski definition) is 2.